The van der Waals surface area contributed by atoms with E-state index in [1.165, 1.54) is 29.8 Å². The number of rotatable bonds is 5. The number of nitrogens with one attached hydrogen (secondary N) is 1. The Morgan fingerprint density at radius 1 is 1.07 bits per heavy atom. The van der Waals surface area contributed by atoms with Gasteiger partial charge in [-0.25, -0.2) is 8.42 Å². The highest BCUT2D eigenvalue weighted by Crippen LogP contribution is 2.27. The Morgan fingerprint density at radius 3 is 2.39 bits per heavy atom. The molecule has 3 rings (SSSR count). The van der Waals surface area contributed by atoms with E-state index in [9.17, 15) is 18.0 Å². The fourth-order valence-electron chi connectivity index (χ4n) is 4.21. The van der Waals surface area contributed by atoms with Gasteiger partial charge >= 0.3 is 0 Å². The van der Waals surface area contributed by atoms with Crippen LogP contribution in [0.25, 0.3) is 0 Å². The number of amides is 1. The molecule has 1 N–H and O–H groups in total. The molecule has 1 aliphatic heterocycles. The van der Waals surface area contributed by atoms with Crippen molar-refractivity contribution in [3.05, 3.63) is 29.8 Å². The van der Waals surface area contributed by atoms with Crippen molar-refractivity contribution in [2.75, 3.05) is 13.1 Å². The number of benzene rings is 1. The summed E-state index contributed by atoms with van der Waals surface area (Å²) in [6.07, 6.45) is 5.63. The van der Waals surface area contributed by atoms with E-state index in [4.69, 9.17) is 0 Å². The Labute approximate surface area is 167 Å². The van der Waals surface area contributed by atoms with E-state index < -0.39 is 10.0 Å². The third kappa shape index (κ3) is 4.63. The third-order valence-electron chi connectivity index (χ3n) is 6.14. The Morgan fingerprint density at radius 2 is 1.75 bits per heavy atom. The van der Waals surface area contributed by atoms with Crippen molar-refractivity contribution in [1.82, 2.24) is 9.62 Å². The van der Waals surface area contributed by atoms with E-state index in [0.29, 0.717) is 37.4 Å². The van der Waals surface area contributed by atoms with Gasteiger partial charge in [0.2, 0.25) is 15.9 Å². The molecule has 2 aliphatic rings. The van der Waals surface area contributed by atoms with E-state index in [0.717, 1.165) is 19.3 Å². The fraction of sp³-hybridized carbons (Fsp3) is 0.619. The highest BCUT2D eigenvalue weighted by Gasteiger charge is 2.33. The standard InChI is InChI=1S/C21H30N2O4S/c1-15-6-3-4-9-20(15)22-21(25)17-10-12-23(13-11-17)28(26,27)19-8-5-7-18(14-19)16(2)24/h5,7-8,14-15,17,20H,3-4,6,9-13H2,1-2H3,(H,22,25)/t15-,20+/m1/s1. The largest absolute Gasteiger partial charge is 0.353 e. The van der Waals surface area contributed by atoms with Crippen molar-refractivity contribution in [3.8, 4) is 0 Å². The summed E-state index contributed by atoms with van der Waals surface area (Å²) in [6, 6.07) is 6.41. The van der Waals surface area contributed by atoms with Gasteiger partial charge in [0.25, 0.3) is 0 Å². The van der Waals surface area contributed by atoms with E-state index in [-0.39, 0.29) is 28.5 Å². The van der Waals surface area contributed by atoms with Gasteiger partial charge in [-0.3, -0.25) is 9.59 Å². The molecule has 2 atom stereocenters. The van der Waals surface area contributed by atoms with E-state index in [1.807, 2.05) is 0 Å². The highest BCUT2D eigenvalue weighted by atomic mass is 32.2. The molecule has 6 nitrogen and oxygen atoms in total. The predicted molar refractivity (Wildman–Crippen MR) is 107 cm³/mol. The van der Waals surface area contributed by atoms with Crippen LogP contribution < -0.4 is 5.32 Å². The number of carbonyl (C=O) groups excluding carboxylic acids is 2. The second-order valence-corrected chi connectivity index (χ2v) is 10.1. The van der Waals surface area contributed by atoms with Gasteiger partial charge in [0.1, 0.15) is 0 Å². The van der Waals surface area contributed by atoms with Crippen LogP contribution in [-0.4, -0.2) is 43.5 Å². The highest BCUT2D eigenvalue weighted by molar-refractivity contribution is 7.89. The van der Waals surface area contributed by atoms with Crippen LogP contribution in [0, 0.1) is 11.8 Å². The lowest BCUT2D eigenvalue weighted by Gasteiger charge is -2.34. The maximum atomic E-state index is 12.9. The molecular formula is C21H30N2O4S. The average molecular weight is 407 g/mol. The van der Waals surface area contributed by atoms with Gasteiger partial charge in [0.05, 0.1) is 4.90 Å². The lowest BCUT2D eigenvalue weighted by atomic mass is 9.85. The Balaban J connectivity index is 1.60. The molecule has 1 saturated heterocycles. The summed E-state index contributed by atoms with van der Waals surface area (Å²) in [6.45, 7) is 4.26. The van der Waals surface area contributed by atoms with Crippen LogP contribution in [0.1, 0.15) is 62.7 Å². The molecule has 0 bridgehead atoms. The van der Waals surface area contributed by atoms with Crippen LogP contribution in [0.4, 0.5) is 0 Å². The van der Waals surface area contributed by atoms with E-state index in [2.05, 4.69) is 12.2 Å². The Hall–Kier alpha value is -1.73. The van der Waals surface area contributed by atoms with Crippen LogP contribution in [0.2, 0.25) is 0 Å². The molecule has 1 heterocycles. The molecule has 1 aromatic rings. The quantitative estimate of drug-likeness (QED) is 0.762. The summed E-state index contributed by atoms with van der Waals surface area (Å²) in [4.78, 5) is 24.3. The molecule has 2 fully saturated rings. The van der Waals surface area contributed by atoms with Crippen LogP contribution in [0.5, 0.6) is 0 Å². The number of Topliss-reactive ketones (excluding diaryl/α,β-unsaturated/α-hetero) is 1. The maximum Gasteiger partial charge on any atom is 0.243 e. The molecule has 0 spiro atoms. The van der Waals surface area contributed by atoms with E-state index in [1.54, 1.807) is 12.1 Å². The topological polar surface area (TPSA) is 83.6 Å². The molecule has 1 aliphatic carbocycles. The number of hydrogen-bond acceptors (Lipinski definition) is 4. The zero-order valence-electron chi connectivity index (χ0n) is 16.7. The molecular weight excluding hydrogens is 376 g/mol. The number of hydrogen-bond donors (Lipinski definition) is 1. The van der Waals surface area contributed by atoms with Gasteiger partial charge in [0.15, 0.2) is 5.78 Å². The second-order valence-electron chi connectivity index (χ2n) is 8.14. The number of piperidine rings is 1. The van der Waals surface area contributed by atoms with Crippen molar-refractivity contribution in [2.24, 2.45) is 11.8 Å². The Bertz CT molecular complexity index is 829. The van der Waals surface area contributed by atoms with E-state index >= 15 is 0 Å². The molecule has 28 heavy (non-hydrogen) atoms. The van der Waals surface area contributed by atoms with Crippen molar-refractivity contribution >= 4 is 21.7 Å². The first-order valence-corrected chi connectivity index (χ1v) is 11.6. The van der Waals surface area contributed by atoms with Gasteiger partial charge in [-0.2, -0.15) is 4.31 Å². The van der Waals surface area contributed by atoms with Crippen molar-refractivity contribution < 1.29 is 18.0 Å². The molecule has 154 valence electrons. The van der Waals surface area contributed by atoms with Crippen molar-refractivity contribution in [2.45, 2.75) is 63.3 Å². The summed E-state index contributed by atoms with van der Waals surface area (Å²) in [7, 11) is -3.65. The fourth-order valence-corrected chi connectivity index (χ4v) is 5.73. The minimum atomic E-state index is -3.65. The van der Waals surface area contributed by atoms with Crippen molar-refractivity contribution in [1.29, 1.82) is 0 Å². The normalized spacial score (nSPS) is 24.6. The van der Waals surface area contributed by atoms with Gasteiger partial charge in [-0.15, -0.1) is 0 Å². The molecule has 1 aromatic carbocycles. The monoisotopic (exact) mass is 406 g/mol. The number of ketones is 1. The predicted octanol–water partition coefficient (Wildman–Crippen LogP) is 2.98. The second kappa shape index (κ2) is 8.74. The molecule has 1 amide bonds. The van der Waals surface area contributed by atoms with Gasteiger partial charge in [-0.05, 0) is 50.7 Å². The average Bonchev–Trinajstić information content (AvgIpc) is 2.70. The lowest BCUT2D eigenvalue weighted by Crippen LogP contribution is -2.47. The molecule has 0 radical (unpaired) electrons. The Kier molecular flexibility index (Phi) is 6.55. The zero-order chi connectivity index (χ0) is 20.3. The minimum absolute atomic E-state index is 0.0642. The van der Waals surface area contributed by atoms with Crippen LogP contribution in [-0.2, 0) is 14.8 Å². The first-order chi connectivity index (χ1) is 13.3. The minimum Gasteiger partial charge on any atom is -0.353 e. The van der Waals surface area contributed by atoms with Crippen LogP contribution in [0.15, 0.2) is 29.2 Å². The summed E-state index contributed by atoms with van der Waals surface area (Å²) >= 11 is 0. The number of carbonyl (C=O) groups is 2. The SMILES string of the molecule is CC(=O)c1cccc(S(=O)(=O)N2CCC(C(=O)N[C@H]3CCCC[C@H]3C)CC2)c1. The number of nitrogens with zero attached hydrogens (tertiary/aromatic N) is 1. The first kappa shape index (κ1) is 21.0. The van der Waals surface area contributed by atoms with Gasteiger partial charge < -0.3 is 5.32 Å². The lowest BCUT2D eigenvalue weighted by molar-refractivity contribution is -0.127. The number of sulfonamides is 1. The van der Waals surface area contributed by atoms with Crippen LogP contribution >= 0.6 is 0 Å². The van der Waals surface area contributed by atoms with Gasteiger partial charge in [-0.1, -0.05) is 31.9 Å². The smallest absolute Gasteiger partial charge is 0.243 e. The molecule has 0 aromatic heterocycles. The van der Waals surface area contributed by atoms with Gasteiger partial charge in [0, 0.05) is 30.6 Å². The molecule has 0 unspecified atom stereocenters. The summed E-state index contributed by atoms with van der Waals surface area (Å²) in [5, 5.41) is 3.20. The maximum absolute atomic E-state index is 12.9. The molecule has 7 heteroatoms. The zero-order valence-corrected chi connectivity index (χ0v) is 17.5. The molecule has 1 saturated carbocycles. The first-order valence-electron chi connectivity index (χ1n) is 10.2. The summed E-state index contributed by atoms with van der Waals surface area (Å²) in [5.74, 6) is 0.273. The van der Waals surface area contributed by atoms with Crippen LogP contribution in [0.3, 0.4) is 0 Å². The van der Waals surface area contributed by atoms with Crippen molar-refractivity contribution in [3.63, 3.8) is 0 Å². The third-order valence-corrected chi connectivity index (χ3v) is 8.04. The summed E-state index contributed by atoms with van der Waals surface area (Å²) < 4.78 is 27.3. The summed E-state index contributed by atoms with van der Waals surface area (Å²) in [5.41, 5.74) is 0.386.